The molecule has 2 aromatic rings. The van der Waals surface area contributed by atoms with E-state index in [1.54, 1.807) is 0 Å². The number of nitrogens with one attached hydrogen (secondary N) is 1. The van der Waals surface area contributed by atoms with Crippen molar-refractivity contribution in [3.63, 3.8) is 0 Å². The van der Waals surface area contributed by atoms with E-state index in [4.69, 9.17) is 9.47 Å². The lowest BCUT2D eigenvalue weighted by atomic mass is 10.1. The molecule has 0 aromatic heterocycles. The molecule has 0 bridgehead atoms. The van der Waals surface area contributed by atoms with Gasteiger partial charge in [-0.25, -0.2) is 0 Å². The summed E-state index contributed by atoms with van der Waals surface area (Å²) in [7, 11) is 0. The van der Waals surface area contributed by atoms with E-state index < -0.39 is 0 Å². The Morgan fingerprint density at radius 2 is 1.73 bits per heavy atom. The second kappa shape index (κ2) is 8.72. The predicted octanol–water partition coefficient (Wildman–Crippen LogP) is 3.49. The first-order valence-electron chi connectivity index (χ1n) is 9.08. The Kier molecular flexibility index (Phi) is 6.12. The highest BCUT2D eigenvalue weighted by Crippen LogP contribution is 2.19. The van der Waals surface area contributed by atoms with Gasteiger partial charge in [0.25, 0.3) is 0 Å². The van der Waals surface area contributed by atoms with Crippen molar-refractivity contribution in [2.75, 3.05) is 36.5 Å². The molecule has 1 aliphatic heterocycles. The second-order valence-corrected chi connectivity index (χ2v) is 6.68. The van der Waals surface area contributed by atoms with Gasteiger partial charge in [0.2, 0.25) is 5.91 Å². The van der Waals surface area contributed by atoms with Gasteiger partial charge in [-0.1, -0.05) is 12.1 Å². The lowest BCUT2D eigenvalue weighted by Gasteiger charge is -2.28. The SMILES string of the molecule is CC(C)Oc1ccc(NC(=O)Cc2ccc(N3CCOCC3)cc2)cc1. The average Bonchev–Trinajstić information content (AvgIpc) is 2.64. The Hall–Kier alpha value is -2.53. The van der Waals surface area contributed by atoms with Crippen molar-refractivity contribution in [1.29, 1.82) is 0 Å². The molecule has 1 saturated heterocycles. The highest BCUT2D eigenvalue weighted by molar-refractivity contribution is 5.92. The normalized spacial score (nSPS) is 14.3. The zero-order chi connectivity index (χ0) is 18.4. The van der Waals surface area contributed by atoms with Crippen LogP contribution in [0.1, 0.15) is 19.4 Å². The van der Waals surface area contributed by atoms with E-state index in [9.17, 15) is 4.79 Å². The molecule has 1 amide bonds. The summed E-state index contributed by atoms with van der Waals surface area (Å²) >= 11 is 0. The van der Waals surface area contributed by atoms with Crippen molar-refractivity contribution < 1.29 is 14.3 Å². The van der Waals surface area contributed by atoms with E-state index in [0.717, 1.165) is 43.3 Å². The molecule has 0 unspecified atom stereocenters. The highest BCUT2D eigenvalue weighted by atomic mass is 16.5. The van der Waals surface area contributed by atoms with Crippen molar-refractivity contribution in [1.82, 2.24) is 0 Å². The molecule has 3 rings (SSSR count). The van der Waals surface area contributed by atoms with Crippen LogP contribution >= 0.6 is 0 Å². The number of carbonyl (C=O) groups is 1. The number of nitrogens with zero attached hydrogens (tertiary/aromatic N) is 1. The number of hydrogen-bond acceptors (Lipinski definition) is 4. The van der Waals surface area contributed by atoms with Crippen molar-refractivity contribution in [3.05, 3.63) is 54.1 Å². The fourth-order valence-corrected chi connectivity index (χ4v) is 2.93. The molecule has 0 aliphatic carbocycles. The molecule has 0 spiro atoms. The molecule has 0 saturated carbocycles. The van der Waals surface area contributed by atoms with Crippen LogP contribution in [0.3, 0.4) is 0 Å². The maximum Gasteiger partial charge on any atom is 0.228 e. The summed E-state index contributed by atoms with van der Waals surface area (Å²) in [4.78, 5) is 14.6. The zero-order valence-electron chi connectivity index (χ0n) is 15.4. The van der Waals surface area contributed by atoms with Crippen LogP contribution in [-0.2, 0) is 16.0 Å². The highest BCUT2D eigenvalue weighted by Gasteiger charge is 2.11. The van der Waals surface area contributed by atoms with E-state index >= 15 is 0 Å². The monoisotopic (exact) mass is 354 g/mol. The third-order valence-electron chi connectivity index (χ3n) is 4.19. The number of hydrogen-bond donors (Lipinski definition) is 1. The van der Waals surface area contributed by atoms with Gasteiger partial charge in [-0.2, -0.15) is 0 Å². The molecular weight excluding hydrogens is 328 g/mol. The van der Waals surface area contributed by atoms with Crippen LogP contribution in [0.5, 0.6) is 5.75 Å². The van der Waals surface area contributed by atoms with Gasteiger partial charge in [0.1, 0.15) is 5.75 Å². The van der Waals surface area contributed by atoms with Gasteiger partial charge in [-0.3, -0.25) is 4.79 Å². The lowest BCUT2D eigenvalue weighted by Crippen LogP contribution is -2.36. The number of ether oxygens (including phenoxy) is 2. The number of anilines is 2. The first kappa shape index (κ1) is 18.3. The second-order valence-electron chi connectivity index (χ2n) is 6.68. The standard InChI is InChI=1S/C21H26N2O3/c1-16(2)26-20-9-5-18(6-10-20)22-21(24)15-17-3-7-19(8-4-17)23-11-13-25-14-12-23/h3-10,16H,11-15H2,1-2H3,(H,22,24). The third kappa shape index (κ3) is 5.23. The Labute approximate surface area is 154 Å². The molecule has 26 heavy (non-hydrogen) atoms. The first-order chi connectivity index (χ1) is 12.6. The van der Waals surface area contributed by atoms with Gasteiger partial charge in [-0.05, 0) is 55.8 Å². The minimum atomic E-state index is -0.0262. The van der Waals surface area contributed by atoms with Crippen molar-refractivity contribution in [2.45, 2.75) is 26.4 Å². The Morgan fingerprint density at radius 1 is 1.08 bits per heavy atom. The van der Waals surface area contributed by atoms with E-state index in [2.05, 4.69) is 22.3 Å². The van der Waals surface area contributed by atoms with E-state index in [1.807, 2.05) is 50.2 Å². The molecule has 138 valence electrons. The van der Waals surface area contributed by atoms with Crippen LogP contribution in [0, 0.1) is 0 Å². The Balaban J connectivity index is 1.52. The van der Waals surface area contributed by atoms with Gasteiger partial charge < -0.3 is 19.7 Å². The Morgan fingerprint density at radius 3 is 2.35 bits per heavy atom. The molecule has 1 N–H and O–H groups in total. The summed E-state index contributed by atoms with van der Waals surface area (Å²) in [5.41, 5.74) is 2.95. The smallest absolute Gasteiger partial charge is 0.228 e. The minimum absolute atomic E-state index is 0.0262. The molecule has 1 heterocycles. The van der Waals surface area contributed by atoms with Gasteiger partial charge >= 0.3 is 0 Å². The summed E-state index contributed by atoms with van der Waals surface area (Å²) in [6.45, 7) is 7.34. The number of benzene rings is 2. The van der Waals surface area contributed by atoms with E-state index in [-0.39, 0.29) is 12.0 Å². The van der Waals surface area contributed by atoms with Crippen LogP contribution in [0.15, 0.2) is 48.5 Å². The van der Waals surface area contributed by atoms with Crippen LogP contribution in [0.25, 0.3) is 0 Å². The fraction of sp³-hybridized carbons (Fsp3) is 0.381. The summed E-state index contributed by atoms with van der Waals surface area (Å²) in [5, 5.41) is 2.93. The molecule has 5 heteroatoms. The van der Waals surface area contributed by atoms with Crippen LogP contribution in [0.4, 0.5) is 11.4 Å². The van der Waals surface area contributed by atoms with E-state index in [1.165, 1.54) is 5.69 Å². The van der Waals surface area contributed by atoms with Gasteiger partial charge in [0, 0.05) is 24.5 Å². The van der Waals surface area contributed by atoms with Crippen molar-refractivity contribution in [2.24, 2.45) is 0 Å². The summed E-state index contributed by atoms with van der Waals surface area (Å²) < 4.78 is 11.0. The number of carbonyl (C=O) groups excluding carboxylic acids is 1. The van der Waals surface area contributed by atoms with Gasteiger partial charge in [0.15, 0.2) is 0 Å². The van der Waals surface area contributed by atoms with Crippen molar-refractivity contribution in [3.8, 4) is 5.75 Å². The molecule has 2 aromatic carbocycles. The van der Waals surface area contributed by atoms with Crippen LogP contribution in [-0.4, -0.2) is 38.3 Å². The molecule has 0 radical (unpaired) electrons. The van der Waals surface area contributed by atoms with Gasteiger partial charge in [-0.15, -0.1) is 0 Å². The van der Waals surface area contributed by atoms with Crippen molar-refractivity contribution >= 4 is 17.3 Å². The molecule has 1 aliphatic rings. The number of amides is 1. The summed E-state index contributed by atoms with van der Waals surface area (Å²) in [5.74, 6) is 0.776. The zero-order valence-corrected chi connectivity index (χ0v) is 15.4. The molecular formula is C21H26N2O3. The average molecular weight is 354 g/mol. The maximum atomic E-state index is 12.3. The summed E-state index contributed by atoms with van der Waals surface area (Å²) in [6.07, 6.45) is 0.490. The molecule has 5 nitrogen and oxygen atoms in total. The maximum absolute atomic E-state index is 12.3. The first-order valence-corrected chi connectivity index (χ1v) is 9.08. The van der Waals surface area contributed by atoms with Gasteiger partial charge in [0.05, 0.1) is 25.7 Å². The predicted molar refractivity (Wildman–Crippen MR) is 104 cm³/mol. The lowest BCUT2D eigenvalue weighted by molar-refractivity contribution is -0.115. The number of morpholine rings is 1. The number of rotatable bonds is 6. The van der Waals surface area contributed by atoms with E-state index in [0.29, 0.717) is 6.42 Å². The fourth-order valence-electron chi connectivity index (χ4n) is 2.93. The topological polar surface area (TPSA) is 50.8 Å². The third-order valence-corrected chi connectivity index (χ3v) is 4.19. The quantitative estimate of drug-likeness (QED) is 0.863. The van der Waals surface area contributed by atoms with Crippen LogP contribution < -0.4 is 15.0 Å². The molecule has 1 fully saturated rings. The summed E-state index contributed by atoms with van der Waals surface area (Å²) in [6, 6.07) is 15.6. The van der Waals surface area contributed by atoms with Crippen LogP contribution in [0.2, 0.25) is 0 Å². The largest absolute Gasteiger partial charge is 0.491 e. The Bertz CT molecular complexity index is 705. The molecule has 0 atom stereocenters. The minimum Gasteiger partial charge on any atom is -0.491 e.